The Hall–Kier alpha value is -0.120. The number of hydrogen-bond donors (Lipinski definition) is 2. The van der Waals surface area contributed by atoms with E-state index >= 15 is 0 Å². The maximum atomic E-state index is 5.62. The highest BCUT2D eigenvalue weighted by Crippen LogP contribution is 2.28. The first-order chi connectivity index (χ1) is 8.29. The topological polar surface area (TPSA) is 33.3 Å². The van der Waals surface area contributed by atoms with Crippen molar-refractivity contribution in [1.82, 2.24) is 10.6 Å². The molecule has 0 bridgehead atoms. The van der Waals surface area contributed by atoms with Crippen LogP contribution in [0.1, 0.15) is 39.0 Å². The quantitative estimate of drug-likeness (QED) is 0.635. The third-order valence-corrected chi connectivity index (χ3v) is 4.06. The molecule has 2 rings (SSSR count). The molecule has 1 aliphatic carbocycles. The van der Waals surface area contributed by atoms with Gasteiger partial charge in [-0.05, 0) is 63.1 Å². The van der Waals surface area contributed by atoms with E-state index in [2.05, 4.69) is 17.6 Å². The van der Waals surface area contributed by atoms with E-state index in [-0.39, 0.29) is 0 Å². The number of piperidine rings is 1. The fourth-order valence-electron chi connectivity index (χ4n) is 2.43. The van der Waals surface area contributed by atoms with Gasteiger partial charge in [0, 0.05) is 19.8 Å². The summed E-state index contributed by atoms with van der Waals surface area (Å²) < 4.78 is 5.62. The van der Waals surface area contributed by atoms with Crippen LogP contribution in [0.3, 0.4) is 0 Å². The maximum absolute atomic E-state index is 5.62. The van der Waals surface area contributed by atoms with Crippen LogP contribution < -0.4 is 10.6 Å². The predicted octanol–water partition coefficient (Wildman–Crippen LogP) is 1.78. The lowest BCUT2D eigenvalue weighted by Gasteiger charge is -2.34. The van der Waals surface area contributed by atoms with Crippen LogP contribution in [0.4, 0.5) is 0 Å². The van der Waals surface area contributed by atoms with Crippen molar-refractivity contribution in [3.8, 4) is 0 Å². The summed E-state index contributed by atoms with van der Waals surface area (Å²) in [6, 6.07) is 0. The lowest BCUT2D eigenvalue weighted by Crippen LogP contribution is -2.41. The Labute approximate surface area is 106 Å². The Morgan fingerprint density at radius 2 is 2.06 bits per heavy atom. The number of hydrogen-bond acceptors (Lipinski definition) is 3. The Balaban J connectivity index is 1.41. The van der Waals surface area contributed by atoms with Crippen molar-refractivity contribution < 1.29 is 4.74 Å². The minimum Gasteiger partial charge on any atom is -0.381 e. The largest absolute Gasteiger partial charge is 0.381 e. The van der Waals surface area contributed by atoms with Crippen molar-refractivity contribution in [2.75, 3.05) is 39.4 Å². The molecule has 3 nitrogen and oxygen atoms in total. The van der Waals surface area contributed by atoms with E-state index in [1.165, 1.54) is 38.8 Å². The number of ether oxygens (including phenoxy) is 1. The van der Waals surface area contributed by atoms with E-state index < -0.39 is 0 Å². The molecule has 2 aliphatic rings. The molecule has 1 saturated heterocycles. The maximum Gasteiger partial charge on any atom is 0.0494 e. The molecular formula is C14H28N2O. The van der Waals surface area contributed by atoms with Crippen LogP contribution in [0.5, 0.6) is 0 Å². The lowest BCUT2D eigenvalue weighted by molar-refractivity contribution is 0.120. The molecule has 17 heavy (non-hydrogen) atoms. The van der Waals surface area contributed by atoms with E-state index in [1.807, 2.05) is 0 Å². The molecular weight excluding hydrogens is 212 g/mol. The zero-order valence-corrected chi connectivity index (χ0v) is 11.3. The molecule has 1 saturated carbocycles. The van der Waals surface area contributed by atoms with Crippen molar-refractivity contribution >= 4 is 0 Å². The summed E-state index contributed by atoms with van der Waals surface area (Å²) in [4.78, 5) is 0. The SMILES string of the molecule is CC1(CNCCCOCC2CC2)CCNCC1. The van der Waals surface area contributed by atoms with Crippen LogP contribution in [0, 0.1) is 11.3 Å². The van der Waals surface area contributed by atoms with E-state index in [1.54, 1.807) is 0 Å². The van der Waals surface area contributed by atoms with Crippen LogP contribution >= 0.6 is 0 Å². The number of rotatable bonds is 8. The average Bonchev–Trinajstić information content (AvgIpc) is 3.13. The monoisotopic (exact) mass is 240 g/mol. The van der Waals surface area contributed by atoms with Crippen LogP contribution in [0.2, 0.25) is 0 Å². The van der Waals surface area contributed by atoms with Gasteiger partial charge in [0.1, 0.15) is 0 Å². The molecule has 0 amide bonds. The van der Waals surface area contributed by atoms with Gasteiger partial charge in [0.25, 0.3) is 0 Å². The minimum absolute atomic E-state index is 0.514. The summed E-state index contributed by atoms with van der Waals surface area (Å²) in [5.41, 5.74) is 0.514. The summed E-state index contributed by atoms with van der Waals surface area (Å²) in [6.45, 7) is 8.98. The Bertz CT molecular complexity index is 210. The molecule has 1 heterocycles. The van der Waals surface area contributed by atoms with Crippen LogP contribution in [0.15, 0.2) is 0 Å². The van der Waals surface area contributed by atoms with Gasteiger partial charge >= 0.3 is 0 Å². The second-order valence-electron chi connectivity index (χ2n) is 6.11. The second kappa shape index (κ2) is 6.72. The first kappa shape index (κ1) is 13.3. The Morgan fingerprint density at radius 1 is 1.29 bits per heavy atom. The molecule has 3 heteroatoms. The van der Waals surface area contributed by atoms with Crippen molar-refractivity contribution in [2.45, 2.75) is 39.0 Å². The van der Waals surface area contributed by atoms with Crippen molar-refractivity contribution in [1.29, 1.82) is 0 Å². The smallest absolute Gasteiger partial charge is 0.0494 e. The molecule has 0 spiro atoms. The highest BCUT2D eigenvalue weighted by molar-refractivity contribution is 4.82. The third-order valence-electron chi connectivity index (χ3n) is 4.06. The van der Waals surface area contributed by atoms with Gasteiger partial charge in [-0.3, -0.25) is 0 Å². The van der Waals surface area contributed by atoms with Crippen molar-refractivity contribution in [3.63, 3.8) is 0 Å². The first-order valence-electron chi connectivity index (χ1n) is 7.28. The minimum atomic E-state index is 0.514. The van der Waals surface area contributed by atoms with E-state index in [9.17, 15) is 0 Å². The standard InChI is InChI=1S/C14H28N2O/c1-14(5-8-15-9-6-14)12-16-7-2-10-17-11-13-3-4-13/h13,15-16H,2-12H2,1H3. The van der Waals surface area contributed by atoms with Gasteiger partial charge in [0.05, 0.1) is 0 Å². The summed E-state index contributed by atoms with van der Waals surface area (Å²) in [7, 11) is 0. The van der Waals surface area contributed by atoms with Crippen LogP contribution in [0.25, 0.3) is 0 Å². The van der Waals surface area contributed by atoms with Gasteiger partial charge in [0.15, 0.2) is 0 Å². The van der Waals surface area contributed by atoms with Gasteiger partial charge in [-0.25, -0.2) is 0 Å². The van der Waals surface area contributed by atoms with Gasteiger partial charge in [0.2, 0.25) is 0 Å². The van der Waals surface area contributed by atoms with Crippen molar-refractivity contribution in [3.05, 3.63) is 0 Å². The molecule has 100 valence electrons. The van der Waals surface area contributed by atoms with Gasteiger partial charge in [-0.1, -0.05) is 6.92 Å². The van der Waals surface area contributed by atoms with Crippen molar-refractivity contribution in [2.24, 2.45) is 11.3 Å². The van der Waals surface area contributed by atoms with Gasteiger partial charge in [-0.2, -0.15) is 0 Å². The highest BCUT2D eigenvalue weighted by Gasteiger charge is 2.25. The summed E-state index contributed by atoms with van der Waals surface area (Å²) in [5.74, 6) is 0.900. The average molecular weight is 240 g/mol. The van der Waals surface area contributed by atoms with E-state index in [4.69, 9.17) is 4.74 Å². The zero-order chi connectivity index (χ0) is 12.0. The number of nitrogens with one attached hydrogen (secondary N) is 2. The summed E-state index contributed by atoms with van der Waals surface area (Å²) in [6.07, 6.45) is 6.55. The highest BCUT2D eigenvalue weighted by atomic mass is 16.5. The molecule has 0 aromatic rings. The third kappa shape index (κ3) is 5.36. The molecule has 1 aliphatic heterocycles. The lowest BCUT2D eigenvalue weighted by atomic mass is 9.81. The zero-order valence-electron chi connectivity index (χ0n) is 11.3. The predicted molar refractivity (Wildman–Crippen MR) is 71.2 cm³/mol. The van der Waals surface area contributed by atoms with E-state index in [0.29, 0.717) is 5.41 Å². The van der Waals surface area contributed by atoms with Gasteiger partial charge in [-0.15, -0.1) is 0 Å². The normalized spacial score (nSPS) is 23.8. The second-order valence-corrected chi connectivity index (χ2v) is 6.11. The fourth-order valence-corrected chi connectivity index (χ4v) is 2.43. The first-order valence-corrected chi connectivity index (χ1v) is 7.28. The molecule has 0 atom stereocenters. The summed E-state index contributed by atoms with van der Waals surface area (Å²) in [5, 5.41) is 7.02. The van der Waals surface area contributed by atoms with E-state index in [0.717, 1.165) is 38.6 Å². The molecule has 0 radical (unpaired) electrons. The Kier molecular flexibility index (Phi) is 5.26. The molecule has 0 aromatic carbocycles. The van der Waals surface area contributed by atoms with Gasteiger partial charge < -0.3 is 15.4 Å². The van der Waals surface area contributed by atoms with Crippen LogP contribution in [-0.4, -0.2) is 39.4 Å². The Morgan fingerprint density at radius 3 is 2.76 bits per heavy atom. The molecule has 0 unspecified atom stereocenters. The molecule has 0 aromatic heterocycles. The molecule has 2 fully saturated rings. The fraction of sp³-hybridized carbons (Fsp3) is 1.00. The summed E-state index contributed by atoms with van der Waals surface area (Å²) >= 11 is 0. The molecule has 2 N–H and O–H groups in total. The van der Waals surface area contributed by atoms with Crippen LogP contribution in [-0.2, 0) is 4.74 Å².